The molecule has 0 amide bonds. The average molecular weight is 628 g/mol. The second-order valence-electron chi connectivity index (χ2n) is 12.5. The molecule has 6 nitrogen and oxygen atoms in total. The van der Waals surface area contributed by atoms with Gasteiger partial charge in [0.25, 0.3) is 0 Å². The predicted molar refractivity (Wildman–Crippen MR) is 188 cm³/mol. The molecule has 0 N–H and O–H groups in total. The van der Waals surface area contributed by atoms with Gasteiger partial charge in [0.05, 0.1) is 0 Å². The Morgan fingerprint density at radius 1 is 0.417 bits per heavy atom. The van der Waals surface area contributed by atoms with Gasteiger partial charge in [-0.25, -0.2) is 15.0 Å². The highest BCUT2D eigenvalue weighted by Gasteiger charge is 2.42. The van der Waals surface area contributed by atoms with Gasteiger partial charge in [0.1, 0.15) is 52.6 Å². The molecule has 48 heavy (non-hydrogen) atoms. The summed E-state index contributed by atoms with van der Waals surface area (Å²) >= 11 is 0. The van der Waals surface area contributed by atoms with E-state index in [1.54, 1.807) is 0 Å². The first-order chi connectivity index (χ1) is 23.5. The molecule has 6 heteroatoms. The Bertz CT molecular complexity index is 1810. The fourth-order valence-corrected chi connectivity index (χ4v) is 6.41. The number of benzene rings is 3. The van der Waals surface area contributed by atoms with Crippen LogP contribution in [-0.4, -0.2) is 33.8 Å². The Morgan fingerprint density at radius 2 is 0.688 bits per heavy atom. The molecule has 3 unspecified atom stereocenters. The van der Waals surface area contributed by atoms with Gasteiger partial charge in [-0.1, -0.05) is 146 Å². The highest BCUT2D eigenvalue weighted by atomic mass is 16.1. The first kappa shape index (κ1) is 30.8. The molecule has 0 aliphatic heterocycles. The summed E-state index contributed by atoms with van der Waals surface area (Å²) in [6.07, 6.45) is 20.7. The fourth-order valence-electron chi connectivity index (χ4n) is 6.41. The van der Waals surface area contributed by atoms with E-state index < -0.39 is 16.2 Å². The van der Waals surface area contributed by atoms with Gasteiger partial charge in [-0.2, -0.15) is 0 Å². The van der Waals surface area contributed by atoms with Crippen molar-refractivity contribution in [1.29, 1.82) is 0 Å². The maximum Gasteiger partial charge on any atom is 0.150 e. The third-order valence-electron chi connectivity index (χ3n) is 9.50. The molecule has 7 rings (SSSR count). The second kappa shape index (κ2) is 12.7. The van der Waals surface area contributed by atoms with E-state index >= 15 is 0 Å². The van der Waals surface area contributed by atoms with Gasteiger partial charge in [-0.05, 0) is 52.7 Å². The van der Waals surface area contributed by atoms with E-state index in [0.29, 0.717) is 19.3 Å². The number of hydrogen-bond donors (Lipinski definition) is 0. The van der Waals surface area contributed by atoms with Crippen LogP contribution >= 0.6 is 0 Å². The summed E-state index contributed by atoms with van der Waals surface area (Å²) in [6.45, 7) is 0. The Labute approximate surface area is 279 Å². The predicted octanol–water partition coefficient (Wildman–Crippen LogP) is 7.31. The van der Waals surface area contributed by atoms with Gasteiger partial charge in [-0.3, -0.25) is 0 Å². The topological polar surface area (TPSA) is 89.9 Å². The van der Waals surface area contributed by atoms with Crippen LogP contribution in [0, 0.1) is 0 Å². The lowest BCUT2D eigenvalue weighted by molar-refractivity contribution is -0.111. The summed E-state index contributed by atoms with van der Waals surface area (Å²) in [4.78, 5) is 53.7. The number of carbonyl (C=O) groups is 3. The molecule has 0 radical (unpaired) electrons. The van der Waals surface area contributed by atoms with Crippen LogP contribution in [0.2, 0.25) is 0 Å². The molecule has 0 fully saturated rings. The van der Waals surface area contributed by atoms with Crippen LogP contribution < -0.4 is 0 Å². The quantitative estimate of drug-likeness (QED) is 0.181. The van der Waals surface area contributed by atoms with Crippen LogP contribution in [0.25, 0.3) is 16.7 Å². The van der Waals surface area contributed by atoms with Crippen LogP contribution in [-0.2, 0) is 30.6 Å². The van der Waals surface area contributed by atoms with Crippen molar-refractivity contribution in [1.82, 2.24) is 15.0 Å². The zero-order valence-electron chi connectivity index (χ0n) is 26.3. The third-order valence-corrected chi connectivity index (χ3v) is 9.50. The Hall–Kier alpha value is -5.88. The van der Waals surface area contributed by atoms with Crippen molar-refractivity contribution in [3.05, 3.63) is 180 Å². The van der Waals surface area contributed by atoms with Gasteiger partial charge in [0, 0.05) is 0 Å². The average Bonchev–Trinajstić information content (AvgIpc) is 3.19. The van der Waals surface area contributed by atoms with Gasteiger partial charge < -0.3 is 14.4 Å². The maximum absolute atomic E-state index is 13.0. The summed E-state index contributed by atoms with van der Waals surface area (Å²) in [7, 11) is 0. The molecule has 3 aromatic carbocycles. The Morgan fingerprint density at radius 3 is 0.896 bits per heavy atom. The van der Waals surface area contributed by atoms with E-state index in [4.69, 9.17) is 15.0 Å². The molecular weight excluding hydrogens is 594 g/mol. The minimum atomic E-state index is -1.22. The summed E-state index contributed by atoms with van der Waals surface area (Å²) in [5, 5.41) is 0. The molecular formula is C42H33N3O3. The van der Waals surface area contributed by atoms with E-state index in [-0.39, 0.29) is 17.5 Å². The number of aromatic nitrogens is 3. The van der Waals surface area contributed by atoms with Crippen molar-refractivity contribution in [3.63, 3.8) is 0 Å². The largest absolute Gasteiger partial charge is 0.302 e. The monoisotopic (exact) mass is 627 g/mol. The molecule has 0 saturated heterocycles. The molecule has 0 spiro atoms. The lowest BCUT2D eigenvalue weighted by Gasteiger charge is -2.32. The molecule has 0 saturated carbocycles. The van der Waals surface area contributed by atoms with Crippen LogP contribution in [0.3, 0.4) is 0 Å². The summed E-state index contributed by atoms with van der Waals surface area (Å²) in [5.41, 5.74) is 2.41. The molecule has 3 aliphatic rings. The van der Waals surface area contributed by atoms with Crippen molar-refractivity contribution in [2.24, 2.45) is 0 Å². The van der Waals surface area contributed by atoms with Gasteiger partial charge in [0.15, 0.2) is 0 Å². The van der Waals surface area contributed by atoms with Crippen molar-refractivity contribution in [2.75, 3.05) is 0 Å². The first-order valence-corrected chi connectivity index (χ1v) is 16.0. The van der Waals surface area contributed by atoms with E-state index in [9.17, 15) is 14.4 Å². The van der Waals surface area contributed by atoms with Gasteiger partial charge in [-0.15, -0.1) is 0 Å². The highest BCUT2D eigenvalue weighted by molar-refractivity contribution is 5.84. The molecule has 1 heterocycles. The van der Waals surface area contributed by atoms with E-state index in [0.717, 1.165) is 52.3 Å². The molecule has 3 atom stereocenters. The normalized spacial score (nSPS) is 24.6. The number of hydrogen-bond acceptors (Lipinski definition) is 6. The minimum Gasteiger partial charge on any atom is -0.302 e. The number of nitrogens with zero attached hydrogens (tertiary/aromatic N) is 3. The standard InChI is InChI=1S/C42H33N3O3/c46-28-40(22-16-34(17-23-40)31-10-4-1-5-11-31)37-43-38(41(29-47)24-18-35(19-25-41)32-12-6-2-7-13-32)45-39(44-37)42(30-48)26-20-36(21-27-42)33-14-8-3-9-15-33/h1-22,24,26,28-30H,23,25,27H2. The van der Waals surface area contributed by atoms with Crippen molar-refractivity contribution in [2.45, 2.75) is 35.5 Å². The Balaban J connectivity index is 1.33. The smallest absolute Gasteiger partial charge is 0.150 e. The van der Waals surface area contributed by atoms with Gasteiger partial charge in [0.2, 0.25) is 0 Å². The van der Waals surface area contributed by atoms with Crippen molar-refractivity contribution >= 4 is 35.6 Å². The lowest BCUT2D eigenvalue weighted by Crippen LogP contribution is -2.38. The summed E-state index contributed by atoms with van der Waals surface area (Å²) in [5.74, 6) is 0.617. The second-order valence-corrected chi connectivity index (χ2v) is 12.5. The maximum atomic E-state index is 13.0. The van der Waals surface area contributed by atoms with Crippen molar-refractivity contribution < 1.29 is 14.4 Å². The van der Waals surface area contributed by atoms with E-state index in [1.165, 1.54) is 0 Å². The van der Waals surface area contributed by atoms with Gasteiger partial charge >= 0.3 is 0 Å². The third kappa shape index (κ3) is 5.56. The van der Waals surface area contributed by atoms with Crippen LogP contribution in [0.15, 0.2) is 146 Å². The zero-order chi connectivity index (χ0) is 33.0. The zero-order valence-corrected chi connectivity index (χ0v) is 26.3. The minimum absolute atomic E-state index is 0.206. The van der Waals surface area contributed by atoms with E-state index in [2.05, 4.69) is 0 Å². The molecule has 3 aliphatic carbocycles. The highest BCUT2D eigenvalue weighted by Crippen LogP contribution is 2.40. The fraction of sp³-hybridized carbons (Fsp3) is 0.143. The molecule has 4 aromatic rings. The molecule has 1 aromatic heterocycles. The first-order valence-electron chi connectivity index (χ1n) is 16.0. The molecule has 234 valence electrons. The van der Waals surface area contributed by atoms with Crippen LogP contribution in [0.5, 0.6) is 0 Å². The number of aldehydes is 3. The molecule has 0 bridgehead atoms. The lowest BCUT2D eigenvalue weighted by atomic mass is 9.76. The number of rotatable bonds is 9. The number of carbonyl (C=O) groups excluding carboxylic acids is 3. The Kier molecular flexibility index (Phi) is 8.15. The van der Waals surface area contributed by atoms with Crippen LogP contribution in [0.1, 0.15) is 53.4 Å². The van der Waals surface area contributed by atoms with E-state index in [1.807, 2.05) is 146 Å². The number of allylic oxidation sites excluding steroid dienone is 12. The van der Waals surface area contributed by atoms with Crippen LogP contribution in [0.4, 0.5) is 0 Å². The summed E-state index contributed by atoms with van der Waals surface area (Å²) < 4.78 is 0. The SMILES string of the molecule is O=CC1(c2nc(C3(C=O)C=CC(c4ccccc4)=CC3)nc(C3(C=O)C=CC(c4ccccc4)=CC3)n2)C=CC(c2ccccc2)=CC1. The van der Waals surface area contributed by atoms with Crippen molar-refractivity contribution in [3.8, 4) is 0 Å². The summed E-state index contributed by atoms with van der Waals surface area (Å²) in [6, 6.07) is 29.8.